The average Bonchev–Trinajstić information content (AvgIpc) is 2.28. The second kappa shape index (κ2) is 4.27. The monoisotopic (exact) mass is 246 g/mol. The molecule has 6 heteroatoms. The molecule has 0 spiro atoms. The zero-order chi connectivity index (χ0) is 12.5. The highest BCUT2D eigenvalue weighted by molar-refractivity contribution is 5.86. The Morgan fingerprint density at radius 3 is 2.65 bits per heavy atom. The Morgan fingerprint density at radius 2 is 1.94 bits per heavy atom. The van der Waals surface area contributed by atoms with E-state index in [2.05, 4.69) is 0 Å². The van der Waals surface area contributed by atoms with Gasteiger partial charge in [0.2, 0.25) is 5.78 Å². The van der Waals surface area contributed by atoms with Gasteiger partial charge in [0.05, 0.1) is 0 Å². The molecule has 0 saturated heterocycles. The van der Waals surface area contributed by atoms with Crippen LogP contribution in [-0.4, -0.2) is 25.2 Å². The van der Waals surface area contributed by atoms with E-state index in [-0.39, 0.29) is 17.9 Å². The minimum Gasteiger partial charge on any atom is -0.486 e. The molecule has 0 atom stereocenters. The highest BCUT2D eigenvalue weighted by atomic mass is 19.4. The topological polar surface area (TPSA) is 35.5 Å². The normalized spacial score (nSPS) is 14.5. The standard InChI is InChI=1S/C11H9F3O3/c12-11(13,14)9(15)6-7-2-1-3-8-10(7)17-5-4-16-8/h1-3H,4-6H2. The maximum Gasteiger partial charge on any atom is 0.450 e. The van der Waals surface area contributed by atoms with Crippen LogP contribution in [0.2, 0.25) is 0 Å². The molecule has 0 bridgehead atoms. The molecule has 1 aromatic rings. The number of carbonyl (C=O) groups excluding carboxylic acids is 1. The van der Waals surface area contributed by atoms with Crippen molar-refractivity contribution in [2.45, 2.75) is 12.6 Å². The first kappa shape index (κ1) is 11.8. The van der Waals surface area contributed by atoms with Crippen LogP contribution in [0.3, 0.4) is 0 Å². The maximum atomic E-state index is 12.1. The minimum atomic E-state index is -4.82. The number of hydrogen-bond donors (Lipinski definition) is 0. The molecule has 0 aliphatic carbocycles. The van der Waals surface area contributed by atoms with Crippen molar-refractivity contribution >= 4 is 5.78 Å². The van der Waals surface area contributed by atoms with E-state index in [1.165, 1.54) is 12.1 Å². The molecule has 2 rings (SSSR count). The van der Waals surface area contributed by atoms with E-state index in [1.807, 2.05) is 0 Å². The Balaban J connectivity index is 2.25. The van der Waals surface area contributed by atoms with Crippen LogP contribution in [0.15, 0.2) is 18.2 Å². The summed E-state index contributed by atoms with van der Waals surface area (Å²) in [6.45, 7) is 0.619. The van der Waals surface area contributed by atoms with Crippen LogP contribution >= 0.6 is 0 Å². The zero-order valence-corrected chi connectivity index (χ0v) is 8.71. The van der Waals surface area contributed by atoms with Crippen molar-refractivity contribution in [2.75, 3.05) is 13.2 Å². The molecule has 1 aliphatic heterocycles. The summed E-state index contributed by atoms with van der Waals surface area (Å²) in [5.41, 5.74) is 0.199. The first-order valence-corrected chi connectivity index (χ1v) is 4.96. The summed E-state index contributed by atoms with van der Waals surface area (Å²) in [5, 5.41) is 0. The van der Waals surface area contributed by atoms with Gasteiger partial charge in [0, 0.05) is 12.0 Å². The van der Waals surface area contributed by atoms with E-state index >= 15 is 0 Å². The molecule has 0 aromatic heterocycles. The predicted octanol–water partition coefficient (Wildman–Crippen LogP) is 2.13. The van der Waals surface area contributed by atoms with Gasteiger partial charge in [0.15, 0.2) is 11.5 Å². The third-order valence-corrected chi connectivity index (χ3v) is 2.31. The molecule has 0 unspecified atom stereocenters. The lowest BCUT2D eigenvalue weighted by atomic mass is 10.1. The van der Waals surface area contributed by atoms with E-state index in [0.717, 1.165) is 0 Å². The number of benzene rings is 1. The average molecular weight is 246 g/mol. The molecule has 92 valence electrons. The molecule has 17 heavy (non-hydrogen) atoms. The fourth-order valence-electron chi connectivity index (χ4n) is 1.55. The van der Waals surface area contributed by atoms with Gasteiger partial charge in [-0.3, -0.25) is 4.79 Å². The maximum absolute atomic E-state index is 12.1. The molecule has 0 amide bonds. The quantitative estimate of drug-likeness (QED) is 0.801. The highest BCUT2D eigenvalue weighted by Crippen LogP contribution is 2.34. The largest absolute Gasteiger partial charge is 0.486 e. The van der Waals surface area contributed by atoms with Gasteiger partial charge in [-0.15, -0.1) is 0 Å². The predicted molar refractivity (Wildman–Crippen MR) is 52.2 cm³/mol. The van der Waals surface area contributed by atoms with Crippen LogP contribution in [0, 0.1) is 0 Å². The molecular weight excluding hydrogens is 237 g/mol. The van der Waals surface area contributed by atoms with Gasteiger partial charge in [0.25, 0.3) is 0 Å². The van der Waals surface area contributed by atoms with Crippen molar-refractivity contribution in [3.05, 3.63) is 23.8 Å². The second-order valence-corrected chi connectivity index (χ2v) is 3.54. The number of fused-ring (bicyclic) bond motifs is 1. The van der Waals surface area contributed by atoms with Crippen molar-refractivity contribution in [3.63, 3.8) is 0 Å². The van der Waals surface area contributed by atoms with Crippen molar-refractivity contribution < 1.29 is 27.4 Å². The van der Waals surface area contributed by atoms with E-state index in [0.29, 0.717) is 12.4 Å². The Labute approximate surface area is 95.1 Å². The number of ketones is 1. The second-order valence-electron chi connectivity index (χ2n) is 3.54. The summed E-state index contributed by atoms with van der Waals surface area (Å²) in [6.07, 6.45) is -5.55. The Morgan fingerprint density at radius 1 is 1.24 bits per heavy atom. The van der Waals surface area contributed by atoms with Crippen LogP contribution in [0.25, 0.3) is 0 Å². The zero-order valence-electron chi connectivity index (χ0n) is 8.71. The highest BCUT2D eigenvalue weighted by Gasteiger charge is 2.38. The van der Waals surface area contributed by atoms with Gasteiger partial charge in [0.1, 0.15) is 13.2 Å². The van der Waals surface area contributed by atoms with Gasteiger partial charge < -0.3 is 9.47 Å². The summed E-state index contributed by atoms with van der Waals surface area (Å²) in [6, 6.07) is 4.56. The molecule has 0 N–H and O–H groups in total. The summed E-state index contributed by atoms with van der Waals surface area (Å²) in [4.78, 5) is 10.9. The molecule has 1 aromatic carbocycles. The molecule has 0 radical (unpaired) electrons. The first-order valence-electron chi connectivity index (χ1n) is 4.96. The number of halogens is 3. The number of Topliss-reactive ketones (excluding diaryl/α,β-unsaturated/α-hetero) is 1. The van der Waals surface area contributed by atoms with Gasteiger partial charge in [-0.2, -0.15) is 13.2 Å². The summed E-state index contributed by atoms with van der Waals surface area (Å²) in [5.74, 6) is -1.18. The number of hydrogen-bond acceptors (Lipinski definition) is 3. The van der Waals surface area contributed by atoms with Crippen molar-refractivity contribution in [1.29, 1.82) is 0 Å². The van der Waals surface area contributed by atoms with Gasteiger partial charge in [-0.05, 0) is 6.07 Å². The lowest BCUT2D eigenvalue weighted by molar-refractivity contribution is -0.170. The molecular formula is C11H9F3O3. The van der Waals surface area contributed by atoms with E-state index in [1.54, 1.807) is 6.07 Å². The summed E-state index contributed by atoms with van der Waals surface area (Å²) in [7, 11) is 0. The fourth-order valence-corrected chi connectivity index (χ4v) is 1.55. The number of ether oxygens (including phenoxy) is 2. The molecule has 1 aliphatic rings. The van der Waals surface area contributed by atoms with E-state index < -0.39 is 18.4 Å². The third-order valence-electron chi connectivity index (χ3n) is 2.31. The van der Waals surface area contributed by atoms with Gasteiger partial charge >= 0.3 is 6.18 Å². The third kappa shape index (κ3) is 2.51. The van der Waals surface area contributed by atoms with Gasteiger partial charge in [-0.25, -0.2) is 0 Å². The lowest BCUT2D eigenvalue weighted by Gasteiger charge is -2.20. The molecule has 3 nitrogen and oxygen atoms in total. The Hall–Kier alpha value is -1.72. The minimum absolute atomic E-state index is 0.199. The van der Waals surface area contributed by atoms with Crippen LogP contribution in [0.1, 0.15) is 5.56 Å². The van der Waals surface area contributed by atoms with Crippen molar-refractivity contribution in [1.82, 2.24) is 0 Å². The van der Waals surface area contributed by atoms with E-state index in [9.17, 15) is 18.0 Å². The molecule has 1 heterocycles. The summed E-state index contributed by atoms with van der Waals surface area (Å²) >= 11 is 0. The van der Waals surface area contributed by atoms with Gasteiger partial charge in [-0.1, -0.05) is 12.1 Å². The summed E-state index contributed by atoms with van der Waals surface area (Å²) < 4.78 is 46.9. The Bertz CT molecular complexity index is 440. The molecule has 0 saturated carbocycles. The lowest BCUT2D eigenvalue weighted by Crippen LogP contribution is -2.25. The Kier molecular flexibility index (Phi) is 2.95. The molecule has 0 fully saturated rings. The fraction of sp³-hybridized carbons (Fsp3) is 0.364. The van der Waals surface area contributed by atoms with Crippen LogP contribution in [-0.2, 0) is 11.2 Å². The van der Waals surface area contributed by atoms with Crippen molar-refractivity contribution in [2.24, 2.45) is 0 Å². The van der Waals surface area contributed by atoms with E-state index in [4.69, 9.17) is 9.47 Å². The van der Waals surface area contributed by atoms with Crippen LogP contribution in [0.5, 0.6) is 11.5 Å². The van der Waals surface area contributed by atoms with Crippen molar-refractivity contribution in [3.8, 4) is 11.5 Å². The number of rotatable bonds is 2. The van der Waals surface area contributed by atoms with Crippen LogP contribution < -0.4 is 9.47 Å². The smallest absolute Gasteiger partial charge is 0.450 e. The SMILES string of the molecule is O=C(Cc1cccc2c1OCCO2)C(F)(F)F. The van der Waals surface area contributed by atoms with Crippen LogP contribution in [0.4, 0.5) is 13.2 Å². The number of para-hydroxylation sites is 1. The first-order chi connectivity index (χ1) is 7.98. The number of carbonyl (C=O) groups is 1. The number of alkyl halides is 3.